The number of amides is 7. The van der Waals surface area contributed by atoms with Gasteiger partial charge in [-0.05, 0) is 120 Å². The number of esters is 1. The molecule has 0 aliphatic carbocycles. The first-order chi connectivity index (χ1) is 51.8. The summed E-state index contributed by atoms with van der Waals surface area (Å²) in [4.78, 5) is 137. The van der Waals surface area contributed by atoms with Gasteiger partial charge in [0.25, 0.3) is 17.7 Å². The van der Waals surface area contributed by atoms with Gasteiger partial charge in [-0.2, -0.15) is 0 Å². The van der Waals surface area contributed by atoms with Gasteiger partial charge in [-0.1, -0.05) is 36.6 Å². The number of carbonyl (C=O) groups excluding carboxylic acids is 8. The van der Waals surface area contributed by atoms with E-state index >= 15 is 0 Å². The fourth-order valence-corrected chi connectivity index (χ4v) is 14.3. The first-order valence-corrected chi connectivity index (χ1v) is 36.3. The Morgan fingerprint density at radius 2 is 1.09 bits per heavy atom. The molecule has 3 aromatic heterocycles. The molecule has 4 unspecified atom stereocenters. The zero-order valence-corrected chi connectivity index (χ0v) is 61.1. The molecule has 6 aromatic rings. The number of carbonyl (C=O) groups is 9. The molecular weight excluding hydrogens is 1410 g/mol. The minimum Gasteiger partial charge on any atom is -0.493 e. The number of thiazole rings is 1. The maximum Gasteiger partial charge on any atom is 0.416 e. The SMILES string of the molecule is C=CCOC(=O)N1c2cc(OCCCC(=O)Nc3cn(C)c(C(=O)Nc4nc5cc(C(=O)OC)ccc5s4)n3)c(OC)cc2C(=O)N2CCCC[C@H]2C1OC1CCCCO1.C=CCOC(=O)N1c2cc(OCCCC(=O)Nc3cn(C)c(C(=O)O)n3)c(OC)cc2C(=O)N2CCCC[C@H]2C1OC1CCCCO1. The van der Waals surface area contributed by atoms with Gasteiger partial charge < -0.3 is 86.8 Å². The third kappa shape index (κ3) is 18.4. The van der Waals surface area contributed by atoms with Crippen molar-refractivity contribution in [1.82, 2.24) is 33.9 Å². The van der Waals surface area contributed by atoms with E-state index in [2.05, 4.69) is 44.1 Å². The first kappa shape index (κ1) is 77.4. The molecule has 0 radical (unpaired) electrons. The molecule has 9 heterocycles. The molecule has 12 rings (SSSR count). The molecule has 0 bridgehead atoms. The van der Waals surface area contributed by atoms with E-state index in [0.717, 1.165) is 56.1 Å². The summed E-state index contributed by atoms with van der Waals surface area (Å²) in [7, 11) is 7.34. The molecule has 4 N–H and O–H groups in total. The predicted octanol–water partition coefficient (Wildman–Crippen LogP) is 9.81. The normalized spacial score (nSPS) is 19.7. The average molecular weight is 1500 g/mol. The average Bonchev–Trinajstić information content (AvgIpc) is 1.63. The molecule has 4 saturated heterocycles. The largest absolute Gasteiger partial charge is 0.493 e. The maximum atomic E-state index is 14.2. The minimum absolute atomic E-state index is 0.0364. The van der Waals surface area contributed by atoms with Gasteiger partial charge in [0.05, 0.1) is 84.9 Å². The van der Waals surface area contributed by atoms with E-state index in [-0.39, 0.29) is 145 Å². The minimum atomic E-state index is -1.21. The molecule has 7 amide bonds. The second-order valence-electron chi connectivity index (χ2n) is 25.9. The van der Waals surface area contributed by atoms with Crippen molar-refractivity contribution >= 4 is 103 Å². The molecule has 107 heavy (non-hydrogen) atoms. The number of aromatic carboxylic acids is 1. The van der Waals surface area contributed by atoms with Crippen LogP contribution >= 0.6 is 11.3 Å². The van der Waals surface area contributed by atoms with Crippen LogP contribution in [0.3, 0.4) is 0 Å². The number of ether oxygens (including phenoxy) is 11. The van der Waals surface area contributed by atoms with Crippen molar-refractivity contribution in [3.05, 3.63) is 109 Å². The van der Waals surface area contributed by atoms with Gasteiger partial charge in [0.2, 0.25) is 23.5 Å². The summed E-state index contributed by atoms with van der Waals surface area (Å²) in [6.45, 7) is 9.46. The third-order valence-electron chi connectivity index (χ3n) is 18.6. The van der Waals surface area contributed by atoms with Crippen LogP contribution in [0.25, 0.3) is 10.2 Å². The molecule has 572 valence electrons. The highest BCUT2D eigenvalue weighted by molar-refractivity contribution is 7.22. The van der Waals surface area contributed by atoms with Crippen LogP contribution in [0.5, 0.6) is 23.0 Å². The summed E-state index contributed by atoms with van der Waals surface area (Å²) in [5.74, 6) is -2.33. The van der Waals surface area contributed by atoms with Crippen molar-refractivity contribution in [3.8, 4) is 23.0 Å². The van der Waals surface area contributed by atoms with E-state index in [4.69, 9.17) is 52.1 Å². The second kappa shape index (κ2) is 36.1. The number of hydrogen-bond donors (Lipinski definition) is 4. The van der Waals surface area contributed by atoms with Gasteiger partial charge in [-0.25, -0.2) is 43.9 Å². The van der Waals surface area contributed by atoms with E-state index in [9.17, 15) is 48.3 Å². The Morgan fingerprint density at radius 3 is 1.54 bits per heavy atom. The molecule has 3 aromatic carbocycles. The Bertz CT molecular complexity index is 4280. The van der Waals surface area contributed by atoms with Crippen LogP contribution in [-0.2, 0) is 56.8 Å². The van der Waals surface area contributed by atoms with E-state index in [1.165, 1.54) is 83.2 Å². The van der Waals surface area contributed by atoms with Crippen molar-refractivity contribution in [2.45, 2.75) is 140 Å². The lowest BCUT2D eigenvalue weighted by Gasteiger charge is -2.42. The van der Waals surface area contributed by atoms with Crippen LogP contribution in [0, 0.1) is 0 Å². The van der Waals surface area contributed by atoms with E-state index in [0.29, 0.717) is 68.2 Å². The summed E-state index contributed by atoms with van der Waals surface area (Å²) < 4.78 is 67.8. The number of aryl methyl sites for hydroxylation is 2. The van der Waals surface area contributed by atoms with Gasteiger partial charge in [0.15, 0.2) is 64.8 Å². The predicted molar refractivity (Wildman–Crippen MR) is 387 cm³/mol. The van der Waals surface area contributed by atoms with Gasteiger partial charge in [-0.15, -0.1) is 0 Å². The summed E-state index contributed by atoms with van der Waals surface area (Å²) in [6, 6.07) is 10.3. The van der Waals surface area contributed by atoms with Crippen molar-refractivity contribution in [1.29, 1.82) is 0 Å². The highest BCUT2D eigenvalue weighted by Crippen LogP contribution is 2.45. The molecule has 34 heteroatoms. The summed E-state index contributed by atoms with van der Waals surface area (Å²) in [5.41, 5.74) is 1.82. The van der Waals surface area contributed by atoms with Crippen molar-refractivity contribution in [3.63, 3.8) is 0 Å². The molecule has 4 fully saturated rings. The highest BCUT2D eigenvalue weighted by atomic mass is 32.1. The smallest absolute Gasteiger partial charge is 0.416 e. The number of rotatable bonds is 26. The molecule has 6 aliphatic rings. The number of nitrogens with zero attached hydrogens (tertiary/aromatic N) is 9. The maximum absolute atomic E-state index is 14.2. The second-order valence-corrected chi connectivity index (χ2v) is 26.9. The number of imidazole rings is 2. The molecule has 6 atom stereocenters. The summed E-state index contributed by atoms with van der Waals surface area (Å²) in [6.07, 6.45) is 11.7. The Hall–Kier alpha value is -10.7. The lowest BCUT2D eigenvalue weighted by molar-refractivity contribution is -0.199. The fourth-order valence-electron chi connectivity index (χ4n) is 13.5. The van der Waals surface area contributed by atoms with Gasteiger partial charge in [0, 0.05) is 77.8 Å². The Labute approximate surface area is 620 Å². The van der Waals surface area contributed by atoms with Crippen LogP contribution in [0.2, 0.25) is 0 Å². The van der Waals surface area contributed by atoms with Crippen molar-refractivity contribution in [2.75, 3.05) is 99.8 Å². The molecule has 33 nitrogen and oxygen atoms in total. The van der Waals surface area contributed by atoms with Crippen LogP contribution in [-0.4, -0.2) is 204 Å². The van der Waals surface area contributed by atoms with Crippen molar-refractivity contribution < 1.29 is 100 Å². The number of nitrogens with one attached hydrogen (secondary N) is 3. The number of carboxylic acids is 1. The molecule has 6 aliphatic heterocycles. The number of benzene rings is 3. The quantitative estimate of drug-likeness (QED) is 0.0170. The Balaban J connectivity index is 0.000000220. The lowest BCUT2D eigenvalue weighted by atomic mass is 10.00. The molecule has 0 spiro atoms. The van der Waals surface area contributed by atoms with E-state index in [1.54, 1.807) is 59.3 Å². The van der Waals surface area contributed by atoms with Gasteiger partial charge in [-0.3, -0.25) is 29.3 Å². The first-order valence-electron chi connectivity index (χ1n) is 35.5. The monoisotopic (exact) mass is 1500 g/mol. The van der Waals surface area contributed by atoms with Gasteiger partial charge in [0.1, 0.15) is 13.2 Å². The van der Waals surface area contributed by atoms with Crippen molar-refractivity contribution in [2.24, 2.45) is 14.1 Å². The number of carboxylic acid groups (broad SMARTS) is 1. The standard InChI is InChI=1S/C41H47N7O11S.C32H41N5O10/c1-5-17-58-41(53)48-28-22-30(29(54-3)21-25(28)37(51)47-16-8-6-11-27(47)38(48)59-34-13-7-9-18-57-34)56-19-10-12-33(49)43-32-23-46(2)35(44-32)36(50)45-40-42-26-20-24(39(52)55-4)14-15-31(26)60-40;1-4-14-46-32(42)37-22-18-24(44-16-9-11-26(38)33-25-19-35(2)28(34-25)31(40)41)23(43-3)17-20(22)29(39)36-13-7-5-10-21(36)30(37)47-27-12-6-8-15-45-27/h5,14-15,20-23,27,34,38H,1,6-13,16-19H2,2-4H3,(H,43,49)(H,42,45,50);4,17-19,21,27,30H,1,5-16H2,2-3H3,(H,33,38)(H,40,41)/t27-,34?,38?;21-,27?,30?/m00/s1. The van der Waals surface area contributed by atoms with E-state index in [1.807, 2.05) is 0 Å². The van der Waals surface area contributed by atoms with Gasteiger partial charge >= 0.3 is 24.1 Å². The number of anilines is 5. The zero-order valence-electron chi connectivity index (χ0n) is 60.2. The topological polar surface area (TPSA) is 373 Å². The number of fused-ring (bicyclic) bond motifs is 5. The van der Waals surface area contributed by atoms with Crippen LogP contribution in [0.4, 0.5) is 37.7 Å². The fraction of sp³-hybridized carbons (Fsp3) is 0.479. The number of methoxy groups -OCH3 is 3. The number of piperidine rings is 2. The summed E-state index contributed by atoms with van der Waals surface area (Å²) in [5, 5.41) is 17.5. The van der Waals surface area contributed by atoms with Crippen LogP contribution in [0.1, 0.15) is 155 Å². The summed E-state index contributed by atoms with van der Waals surface area (Å²) >= 11 is 1.23. The molecule has 0 saturated carbocycles. The Kier molecular flexibility index (Phi) is 26.1. The number of hydrogen-bond acceptors (Lipinski definition) is 24. The number of aromatic nitrogens is 5. The molecular formula is C73H88N12O21S. The van der Waals surface area contributed by atoms with Crippen LogP contribution < -0.4 is 44.7 Å². The lowest BCUT2D eigenvalue weighted by Crippen LogP contribution is -2.57. The Morgan fingerprint density at radius 1 is 0.607 bits per heavy atom. The van der Waals surface area contributed by atoms with E-state index < -0.39 is 67.2 Å². The van der Waals surface area contributed by atoms with Crippen LogP contribution in [0.15, 0.2) is 80.2 Å². The zero-order chi connectivity index (χ0) is 75.8. The highest BCUT2D eigenvalue weighted by Gasteiger charge is 2.49. The third-order valence-corrected chi connectivity index (χ3v) is 19.5.